The third-order valence-corrected chi connectivity index (χ3v) is 5.96. The van der Waals surface area contributed by atoms with Gasteiger partial charge in [0.25, 0.3) is 0 Å². The molecule has 0 spiro atoms. The fourth-order valence-electron chi connectivity index (χ4n) is 3.12. The molecule has 0 N–H and O–H groups in total. The number of sulfone groups is 1. The monoisotopic (exact) mass is 430 g/mol. The zero-order valence-electron chi connectivity index (χ0n) is 17.4. The van der Waals surface area contributed by atoms with Crippen molar-refractivity contribution in [3.63, 3.8) is 0 Å². The molecular formula is C22H26N2O5S. The highest BCUT2D eigenvalue weighted by atomic mass is 32.2. The molecule has 30 heavy (non-hydrogen) atoms. The summed E-state index contributed by atoms with van der Waals surface area (Å²) in [6, 6.07) is 14.1. The van der Waals surface area contributed by atoms with Crippen LogP contribution < -0.4 is 9.47 Å². The summed E-state index contributed by atoms with van der Waals surface area (Å²) in [6.07, 6.45) is 3.69. The highest BCUT2D eigenvalue weighted by Crippen LogP contribution is 2.22. The van der Waals surface area contributed by atoms with E-state index in [1.807, 2.05) is 35.0 Å². The summed E-state index contributed by atoms with van der Waals surface area (Å²) >= 11 is 0. The number of ether oxygens (including phenoxy) is 2. The zero-order chi connectivity index (χ0) is 21.7. The molecule has 2 aromatic carbocycles. The predicted octanol–water partition coefficient (Wildman–Crippen LogP) is 2.98. The van der Waals surface area contributed by atoms with Crippen LogP contribution in [0, 0.1) is 0 Å². The Morgan fingerprint density at radius 2 is 1.90 bits per heavy atom. The molecule has 1 aromatic heterocycles. The average molecular weight is 431 g/mol. The summed E-state index contributed by atoms with van der Waals surface area (Å²) in [4.78, 5) is 14.5. The quantitative estimate of drug-likeness (QED) is 0.488. The molecule has 1 amide bonds. The Morgan fingerprint density at radius 3 is 2.63 bits per heavy atom. The highest BCUT2D eigenvalue weighted by Gasteiger charge is 2.12. The van der Waals surface area contributed by atoms with Gasteiger partial charge in [-0.15, -0.1) is 0 Å². The van der Waals surface area contributed by atoms with Crippen molar-refractivity contribution in [1.29, 1.82) is 0 Å². The molecule has 1 heterocycles. The van der Waals surface area contributed by atoms with Crippen LogP contribution in [0.15, 0.2) is 59.6 Å². The van der Waals surface area contributed by atoms with Gasteiger partial charge in [-0.25, -0.2) is 8.42 Å². The molecule has 0 fully saturated rings. The van der Waals surface area contributed by atoms with Crippen molar-refractivity contribution >= 4 is 26.6 Å². The number of hydrogen-bond donors (Lipinski definition) is 0. The first-order valence-corrected chi connectivity index (χ1v) is 11.5. The van der Waals surface area contributed by atoms with E-state index in [1.165, 1.54) is 12.1 Å². The molecule has 7 nitrogen and oxygen atoms in total. The first-order chi connectivity index (χ1) is 14.3. The van der Waals surface area contributed by atoms with Gasteiger partial charge in [-0.2, -0.15) is 0 Å². The number of amides is 1. The average Bonchev–Trinajstić information content (AvgIpc) is 3.12. The summed E-state index contributed by atoms with van der Waals surface area (Å²) in [6.45, 7) is 1.18. The molecule has 160 valence electrons. The normalized spacial score (nSPS) is 11.4. The Morgan fingerprint density at radius 1 is 1.10 bits per heavy atom. The summed E-state index contributed by atoms with van der Waals surface area (Å²) in [7, 11) is 0.126. The maximum absolute atomic E-state index is 12.6. The van der Waals surface area contributed by atoms with E-state index in [0.717, 1.165) is 22.9 Å². The van der Waals surface area contributed by atoms with Gasteiger partial charge in [0.15, 0.2) is 9.84 Å². The van der Waals surface area contributed by atoms with E-state index in [1.54, 1.807) is 31.2 Å². The Balaban J connectivity index is 1.49. The van der Waals surface area contributed by atoms with Gasteiger partial charge in [-0.05, 0) is 48.9 Å². The Bertz CT molecular complexity index is 1140. The number of fused-ring (bicyclic) bond motifs is 1. The second kappa shape index (κ2) is 9.21. The first kappa shape index (κ1) is 21.7. The highest BCUT2D eigenvalue weighted by molar-refractivity contribution is 7.90. The van der Waals surface area contributed by atoms with Gasteiger partial charge >= 0.3 is 0 Å². The number of likely N-dealkylation sites (N-methyl/N-ethyl adjacent to an activating group) is 1. The molecule has 0 saturated carbocycles. The maximum atomic E-state index is 12.6. The van der Waals surface area contributed by atoms with E-state index in [2.05, 4.69) is 0 Å². The van der Waals surface area contributed by atoms with Crippen LogP contribution in [0.3, 0.4) is 0 Å². The van der Waals surface area contributed by atoms with E-state index in [0.29, 0.717) is 25.3 Å². The molecule has 0 aliphatic rings. The fraction of sp³-hybridized carbons (Fsp3) is 0.318. The molecule has 0 radical (unpaired) electrons. The topological polar surface area (TPSA) is 77.8 Å². The third kappa shape index (κ3) is 5.33. The van der Waals surface area contributed by atoms with Gasteiger partial charge in [0.1, 0.15) is 18.0 Å². The molecule has 0 aliphatic carbocycles. The lowest BCUT2D eigenvalue weighted by Gasteiger charge is -2.18. The fourth-order valence-corrected chi connectivity index (χ4v) is 3.78. The first-order valence-electron chi connectivity index (χ1n) is 9.58. The number of hydrogen-bond acceptors (Lipinski definition) is 5. The predicted molar refractivity (Wildman–Crippen MR) is 116 cm³/mol. The molecule has 0 bridgehead atoms. The molecule has 3 aromatic rings. The summed E-state index contributed by atoms with van der Waals surface area (Å²) in [5, 5.41) is 1.02. The van der Waals surface area contributed by atoms with Crippen molar-refractivity contribution in [2.75, 3.05) is 33.6 Å². The largest absolute Gasteiger partial charge is 0.497 e. The van der Waals surface area contributed by atoms with Crippen molar-refractivity contribution in [3.05, 3.63) is 54.7 Å². The van der Waals surface area contributed by atoms with Gasteiger partial charge in [0.2, 0.25) is 5.91 Å². The Labute approximate surface area is 176 Å². The second-order valence-corrected chi connectivity index (χ2v) is 9.15. The smallest absolute Gasteiger partial charge is 0.242 e. The SMILES string of the molecule is COc1ccc2c(ccn2CC(=O)N(C)CCCOc2cccc(S(C)(=O)=O)c2)c1. The third-order valence-electron chi connectivity index (χ3n) is 4.85. The van der Waals surface area contributed by atoms with Crippen LogP contribution in [0.5, 0.6) is 11.5 Å². The summed E-state index contributed by atoms with van der Waals surface area (Å²) in [5.74, 6) is 1.29. The van der Waals surface area contributed by atoms with E-state index >= 15 is 0 Å². The van der Waals surface area contributed by atoms with Crippen LogP contribution in [-0.4, -0.2) is 57.4 Å². The van der Waals surface area contributed by atoms with Crippen LogP contribution in [0.1, 0.15) is 6.42 Å². The van der Waals surface area contributed by atoms with E-state index in [9.17, 15) is 13.2 Å². The zero-order valence-corrected chi connectivity index (χ0v) is 18.2. The van der Waals surface area contributed by atoms with E-state index in [-0.39, 0.29) is 17.3 Å². The van der Waals surface area contributed by atoms with Crippen LogP contribution in [0.2, 0.25) is 0 Å². The van der Waals surface area contributed by atoms with E-state index in [4.69, 9.17) is 9.47 Å². The maximum Gasteiger partial charge on any atom is 0.242 e. The van der Waals surface area contributed by atoms with Crippen LogP contribution in [-0.2, 0) is 21.2 Å². The van der Waals surface area contributed by atoms with Crippen molar-refractivity contribution in [1.82, 2.24) is 9.47 Å². The molecule has 0 atom stereocenters. The molecule has 8 heteroatoms. The van der Waals surface area contributed by atoms with Gasteiger partial charge in [0, 0.05) is 36.9 Å². The number of carbonyl (C=O) groups is 1. The molecule has 0 saturated heterocycles. The van der Waals surface area contributed by atoms with Gasteiger partial charge in [0.05, 0.1) is 18.6 Å². The number of nitrogens with zero attached hydrogens (tertiary/aromatic N) is 2. The van der Waals surface area contributed by atoms with Crippen molar-refractivity contribution in [2.45, 2.75) is 17.9 Å². The van der Waals surface area contributed by atoms with Crippen molar-refractivity contribution in [3.8, 4) is 11.5 Å². The van der Waals surface area contributed by atoms with Crippen LogP contribution in [0.4, 0.5) is 0 Å². The second-order valence-electron chi connectivity index (χ2n) is 7.13. The number of benzene rings is 2. The molecule has 3 rings (SSSR count). The lowest BCUT2D eigenvalue weighted by molar-refractivity contribution is -0.130. The van der Waals surface area contributed by atoms with Gasteiger partial charge in [-0.1, -0.05) is 6.07 Å². The standard InChI is InChI=1S/C22H26N2O5S/c1-23(11-5-13-29-19-6-4-7-20(15-19)30(3,26)27)22(25)16-24-12-10-17-14-18(28-2)8-9-21(17)24/h4,6-10,12,14-15H,5,11,13,16H2,1-3H3. The molecular weight excluding hydrogens is 404 g/mol. The van der Waals surface area contributed by atoms with E-state index < -0.39 is 9.84 Å². The Kier molecular flexibility index (Phi) is 6.66. The van der Waals surface area contributed by atoms with Crippen molar-refractivity contribution < 1.29 is 22.7 Å². The molecule has 0 aliphatic heterocycles. The summed E-state index contributed by atoms with van der Waals surface area (Å²) < 4.78 is 36.0. The lowest BCUT2D eigenvalue weighted by atomic mass is 10.2. The van der Waals surface area contributed by atoms with Gasteiger partial charge in [-0.3, -0.25) is 4.79 Å². The number of carbonyl (C=O) groups excluding carboxylic acids is 1. The number of methoxy groups -OCH3 is 1. The number of rotatable bonds is 9. The lowest BCUT2D eigenvalue weighted by Crippen LogP contribution is -2.31. The van der Waals surface area contributed by atoms with Gasteiger partial charge < -0.3 is 18.9 Å². The van der Waals surface area contributed by atoms with Crippen LogP contribution in [0.25, 0.3) is 10.9 Å². The minimum absolute atomic E-state index is 0.00221. The summed E-state index contributed by atoms with van der Waals surface area (Å²) in [5.41, 5.74) is 0.978. The Hall–Kier alpha value is -3.00. The van der Waals surface area contributed by atoms with Crippen molar-refractivity contribution in [2.24, 2.45) is 0 Å². The minimum Gasteiger partial charge on any atom is -0.497 e. The minimum atomic E-state index is -3.27. The molecule has 0 unspecified atom stereocenters. The number of aromatic nitrogens is 1. The van der Waals surface area contributed by atoms with Crippen LogP contribution >= 0.6 is 0 Å².